The van der Waals surface area contributed by atoms with Crippen molar-refractivity contribution in [2.45, 2.75) is 31.4 Å². The average molecular weight is 299 g/mol. The Morgan fingerprint density at radius 2 is 2.14 bits per heavy atom. The van der Waals surface area contributed by atoms with Gasteiger partial charge in [-0.25, -0.2) is 0 Å². The molecule has 1 fully saturated rings. The van der Waals surface area contributed by atoms with Crippen molar-refractivity contribution in [1.82, 2.24) is 14.7 Å². The van der Waals surface area contributed by atoms with E-state index in [1.165, 1.54) is 0 Å². The first-order chi connectivity index (χ1) is 10.6. The summed E-state index contributed by atoms with van der Waals surface area (Å²) in [7, 11) is 0. The fraction of sp³-hybridized carbons (Fsp3) is 0.412. The number of aromatic nitrogens is 2. The maximum Gasteiger partial charge on any atom is 0.225 e. The van der Waals surface area contributed by atoms with Gasteiger partial charge in [-0.05, 0) is 25.0 Å². The summed E-state index contributed by atoms with van der Waals surface area (Å²) in [5.41, 5.74) is -0.367. The van der Waals surface area contributed by atoms with Gasteiger partial charge < -0.3 is 10.0 Å². The molecule has 2 heterocycles. The lowest BCUT2D eigenvalue weighted by Gasteiger charge is -2.26. The molecule has 1 aliphatic heterocycles. The standard InChI is InChI=1S/C17H21N3O2/c1-17(22,14-6-3-2-4-7-14)12-16(21)19-11-8-15(13-19)20-10-5-9-18-20/h2-7,9-10,15,22H,8,11-13H2,1H3. The number of hydrogen-bond acceptors (Lipinski definition) is 3. The zero-order chi connectivity index (χ0) is 15.6. The molecule has 1 aromatic heterocycles. The molecule has 2 unspecified atom stereocenters. The van der Waals surface area contributed by atoms with Gasteiger partial charge in [-0.3, -0.25) is 9.48 Å². The van der Waals surface area contributed by atoms with Crippen molar-refractivity contribution >= 4 is 5.91 Å². The van der Waals surface area contributed by atoms with Gasteiger partial charge in [-0.1, -0.05) is 30.3 Å². The van der Waals surface area contributed by atoms with Crippen molar-refractivity contribution in [3.8, 4) is 0 Å². The van der Waals surface area contributed by atoms with E-state index in [1.807, 2.05) is 52.2 Å². The van der Waals surface area contributed by atoms with Gasteiger partial charge in [-0.15, -0.1) is 0 Å². The van der Waals surface area contributed by atoms with Gasteiger partial charge in [0.2, 0.25) is 5.91 Å². The van der Waals surface area contributed by atoms with Crippen LogP contribution < -0.4 is 0 Å². The number of carbonyl (C=O) groups excluding carboxylic acids is 1. The number of amides is 1. The molecule has 0 bridgehead atoms. The fourth-order valence-corrected chi connectivity index (χ4v) is 2.99. The highest BCUT2D eigenvalue weighted by atomic mass is 16.3. The van der Waals surface area contributed by atoms with Gasteiger partial charge >= 0.3 is 0 Å². The smallest absolute Gasteiger partial charge is 0.225 e. The largest absolute Gasteiger partial charge is 0.385 e. The topological polar surface area (TPSA) is 58.4 Å². The Labute approximate surface area is 130 Å². The predicted octanol–water partition coefficient (Wildman–Crippen LogP) is 1.95. The van der Waals surface area contributed by atoms with Crippen LogP contribution in [0.1, 0.15) is 31.4 Å². The third-order valence-corrected chi connectivity index (χ3v) is 4.31. The highest BCUT2D eigenvalue weighted by molar-refractivity contribution is 5.77. The molecule has 22 heavy (non-hydrogen) atoms. The summed E-state index contributed by atoms with van der Waals surface area (Å²) in [6.07, 6.45) is 4.69. The van der Waals surface area contributed by atoms with E-state index >= 15 is 0 Å². The van der Waals surface area contributed by atoms with E-state index in [2.05, 4.69) is 5.10 Å². The highest BCUT2D eigenvalue weighted by Gasteiger charge is 2.33. The molecule has 0 radical (unpaired) electrons. The molecule has 2 aromatic rings. The van der Waals surface area contributed by atoms with E-state index in [0.717, 1.165) is 12.0 Å². The Bertz CT molecular complexity index is 623. The number of likely N-dealkylation sites (tertiary alicyclic amines) is 1. The molecule has 3 rings (SSSR count). The summed E-state index contributed by atoms with van der Waals surface area (Å²) in [6, 6.07) is 11.5. The summed E-state index contributed by atoms with van der Waals surface area (Å²) in [4.78, 5) is 14.3. The SMILES string of the molecule is CC(O)(CC(=O)N1CCC(n2cccn2)C1)c1ccccc1. The molecule has 5 heteroatoms. The van der Waals surface area contributed by atoms with Crippen LogP contribution >= 0.6 is 0 Å². The average Bonchev–Trinajstić information content (AvgIpc) is 3.19. The van der Waals surface area contributed by atoms with Crippen molar-refractivity contribution in [1.29, 1.82) is 0 Å². The van der Waals surface area contributed by atoms with E-state index in [4.69, 9.17) is 0 Å². The molecule has 1 N–H and O–H groups in total. The van der Waals surface area contributed by atoms with Crippen molar-refractivity contribution in [2.75, 3.05) is 13.1 Å². The van der Waals surface area contributed by atoms with Crippen LogP contribution in [0.2, 0.25) is 0 Å². The molecule has 0 spiro atoms. The Kier molecular flexibility index (Phi) is 3.98. The number of carbonyl (C=O) groups is 1. The van der Waals surface area contributed by atoms with Crippen molar-refractivity contribution < 1.29 is 9.90 Å². The highest BCUT2D eigenvalue weighted by Crippen LogP contribution is 2.27. The Balaban J connectivity index is 1.63. The maximum atomic E-state index is 12.5. The van der Waals surface area contributed by atoms with E-state index < -0.39 is 5.60 Å². The molecule has 5 nitrogen and oxygen atoms in total. The monoisotopic (exact) mass is 299 g/mol. The Hall–Kier alpha value is -2.14. The van der Waals surface area contributed by atoms with Crippen LogP contribution in [0.3, 0.4) is 0 Å². The van der Waals surface area contributed by atoms with Crippen LogP contribution in [-0.4, -0.2) is 38.8 Å². The Morgan fingerprint density at radius 3 is 2.82 bits per heavy atom. The fourth-order valence-electron chi connectivity index (χ4n) is 2.99. The van der Waals surface area contributed by atoms with Crippen LogP contribution in [0.5, 0.6) is 0 Å². The van der Waals surface area contributed by atoms with Gasteiger partial charge in [0.15, 0.2) is 0 Å². The van der Waals surface area contributed by atoms with E-state index in [1.54, 1.807) is 13.1 Å². The van der Waals surface area contributed by atoms with Crippen LogP contribution in [0, 0.1) is 0 Å². The lowest BCUT2D eigenvalue weighted by molar-refractivity contribution is -0.135. The summed E-state index contributed by atoms with van der Waals surface area (Å²) in [6.45, 7) is 3.07. The maximum absolute atomic E-state index is 12.5. The van der Waals surface area contributed by atoms with Gasteiger partial charge in [0.1, 0.15) is 0 Å². The minimum Gasteiger partial charge on any atom is -0.385 e. The second-order valence-corrected chi connectivity index (χ2v) is 6.08. The molecule has 1 saturated heterocycles. The molecule has 1 aromatic carbocycles. The Morgan fingerprint density at radius 1 is 1.36 bits per heavy atom. The number of rotatable bonds is 4. The summed E-state index contributed by atoms with van der Waals surface area (Å²) in [5.74, 6) is -0.0106. The van der Waals surface area contributed by atoms with Crippen LogP contribution in [0.15, 0.2) is 48.8 Å². The van der Waals surface area contributed by atoms with Crippen molar-refractivity contribution in [2.24, 2.45) is 0 Å². The minimum absolute atomic E-state index is 0.0106. The third kappa shape index (κ3) is 3.04. The molecule has 2 atom stereocenters. The van der Waals surface area contributed by atoms with Crippen LogP contribution in [-0.2, 0) is 10.4 Å². The summed E-state index contributed by atoms with van der Waals surface area (Å²) < 4.78 is 1.91. The molecular weight excluding hydrogens is 278 g/mol. The van der Waals surface area contributed by atoms with Gasteiger partial charge in [0, 0.05) is 25.5 Å². The number of aliphatic hydroxyl groups is 1. The van der Waals surface area contributed by atoms with E-state index in [0.29, 0.717) is 13.1 Å². The van der Waals surface area contributed by atoms with Crippen LogP contribution in [0.4, 0.5) is 0 Å². The van der Waals surface area contributed by atoms with Crippen molar-refractivity contribution in [3.63, 3.8) is 0 Å². The number of nitrogens with zero attached hydrogens (tertiary/aromatic N) is 3. The van der Waals surface area contributed by atoms with E-state index in [9.17, 15) is 9.90 Å². The molecule has 116 valence electrons. The first-order valence-electron chi connectivity index (χ1n) is 7.61. The normalized spacial score (nSPS) is 20.8. The summed E-state index contributed by atoms with van der Waals surface area (Å²) >= 11 is 0. The minimum atomic E-state index is -1.14. The molecule has 0 aliphatic carbocycles. The third-order valence-electron chi connectivity index (χ3n) is 4.31. The predicted molar refractivity (Wildman–Crippen MR) is 83.1 cm³/mol. The lowest BCUT2D eigenvalue weighted by Crippen LogP contribution is -2.35. The van der Waals surface area contributed by atoms with Crippen molar-refractivity contribution in [3.05, 3.63) is 54.4 Å². The van der Waals surface area contributed by atoms with E-state index in [-0.39, 0.29) is 18.4 Å². The second kappa shape index (κ2) is 5.93. The number of benzene rings is 1. The molecule has 1 amide bonds. The lowest BCUT2D eigenvalue weighted by atomic mass is 9.92. The zero-order valence-electron chi connectivity index (χ0n) is 12.7. The molecule has 1 aliphatic rings. The molecular formula is C17H21N3O2. The summed E-state index contributed by atoms with van der Waals surface area (Å²) in [5, 5.41) is 14.8. The van der Waals surface area contributed by atoms with Gasteiger partial charge in [0.05, 0.1) is 18.1 Å². The van der Waals surface area contributed by atoms with Gasteiger partial charge in [-0.2, -0.15) is 5.10 Å². The zero-order valence-corrected chi connectivity index (χ0v) is 12.7. The quantitative estimate of drug-likeness (QED) is 0.939. The molecule has 0 saturated carbocycles. The first-order valence-corrected chi connectivity index (χ1v) is 7.61. The number of hydrogen-bond donors (Lipinski definition) is 1. The van der Waals surface area contributed by atoms with Crippen LogP contribution in [0.25, 0.3) is 0 Å². The second-order valence-electron chi connectivity index (χ2n) is 6.08. The first kappa shape index (κ1) is 14.8. The van der Waals surface area contributed by atoms with Gasteiger partial charge in [0.25, 0.3) is 0 Å².